The van der Waals surface area contributed by atoms with Crippen molar-refractivity contribution in [3.8, 4) is 0 Å². The minimum absolute atomic E-state index is 0.0838. The van der Waals surface area contributed by atoms with Gasteiger partial charge in [-0.3, -0.25) is 4.79 Å². The van der Waals surface area contributed by atoms with E-state index < -0.39 is 0 Å². The van der Waals surface area contributed by atoms with E-state index in [0.717, 1.165) is 9.13 Å². The van der Waals surface area contributed by atoms with Crippen LogP contribution in [0.3, 0.4) is 0 Å². The lowest BCUT2D eigenvalue weighted by atomic mass is 10.0. The van der Waals surface area contributed by atoms with Crippen molar-refractivity contribution in [1.29, 1.82) is 0 Å². The van der Waals surface area contributed by atoms with Crippen LogP contribution < -0.4 is 0 Å². The molecule has 1 aromatic carbocycles. The summed E-state index contributed by atoms with van der Waals surface area (Å²) < 4.78 is 6.90. The van der Waals surface area contributed by atoms with Crippen molar-refractivity contribution < 1.29 is 9.53 Å². The number of morpholine rings is 1. The minimum Gasteiger partial charge on any atom is -0.369 e. The molecule has 0 aliphatic carbocycles. The molecule has 1 saturated heterocycles. The van der Waals surface area contributed by atoms with E-state index >= 15 is 0 Å². The number of carbonyl (C=O) groups excluding carboxylic acids is 1. The van der Waals surface area contributed by atoms with Crippen molar-refractivity contribution in [1.82, 2.24) is 4.90 Å². The van der Waals surface area contributed by atoms with Gasteiger partial charge in [0.25, 0.3) is 5.91 Å². The summed E-state index contributed by atoms with van der Waals surface area (Å²) in [5.74, 6) is 0.0942. The quantitative estimate of drug-likeness (QED) is 0.722. The van der Waals surface area contributed by atoms with E-state index in [1.54, 1.807) is 0 Å². The number of ether oxygens (including phenoxy) is 1. The van der Waals surface area contributed by atoms with Crippen LogP contribution in [0, 0.1) is 3.57 Å². The lowest BCUT2D eigenvalue weighted by Gasteiger charge is -2.41. The van der Waals surface area contributed by atoms with Gasteiger partial charge in [0.05, 0.1) is 11.7 Å². The molecule has 1 heterocycles. The van der Waals surface area contributed by atoms with Gasteiger partial charge in [0.1, 0.15) is 0 Å². The Morgan fingerprint density at radius 2 is 2.22 bits per heavy atom. The van der Waals surface area contributed by atoms with Crippen LogP contribution in [-0.4, -0.2) is 35.6 Å². The number of amides is 1. The Kier molecular flexibility index (Phi) is 3.96. The molecule has 0 saturated carbocycles. The molecule has 2 rings (SSSR count). The molecule has 18 heavy (non-hydrogen) atoms. The van der Waals surface area contributed by atoms with Gasteiger partial charge >= 0.3 is 0 Å². The van der Waals surface area contributed by atoms with E-state index in [1.807, 2.05) is 49.9 Å². The summed E-state index contributed by atoms with van der Waals surface area (Å²) in [6.07, 6.45) is 0.0838. The van der Waals surface area contributed by atoms with Gasteiger partial charge in [-0.2, -0.15) is 0 Å². The third-order valence-corrected chi connectivity index (χ3v) is 3.60. The zero-order valence-electron chi connectivity index (χ0n) is 10.9. The van der Waals surface area contributed by atoms with Crippen molar-refractivity contribution in [2.24, 2.45) is 0 Å². The molecule has 0 N–H and O–H groups in total. The maximum absolute atomic E-state index is 12.5. The smallest absolute Gasteiger partial charge is 0.254 e. The SMILES string of the molecule is CC1CN(C(=O)c2cccc(I)c2)CC(C)(C)O1. The van der Waals surface area contributed by atoms with E-state index in [-0.39, 0.29) is 17.6 Å². The maximum Gasteiger partial charge on any atom is 0.254 e. The molecule has 98 valence electrons. The monoisotopic (exact) mass is 359 g/mol. The number of hydrogen-bond donors (Lipinski definition) is 0. The molecule has 1 aliphatic heterocycles. The number of halogens is 1. The van der Waals surface area contributed by atoms with E-state index in [4.69, 9.17) is 4.74 Å². The first-order chi connectivity index (χ1) is 8.37. The van der Waals surface area contributed by atoms with Crippen molar-refractivity contribution in [3.63, 3.8) is 0 Å². The highest BCUT2D eigenvalue weighted by Gasteiger charge is 2.33. The van der Waals surface area contributed by atoms with Crippen molar-refractivity contribution in [3.05, 3.63) is 33.4 Å². The van der Waals surface area contributed by atoms with Gasteiger partial charge in [-0.1, -0.05) is 6.07 Å². The van der Waals surface area contributed by atoms with E-state index in [0.29, 0.717) is 13.1 Å². The molecular weight excluding hydrogens is 341 g/mol. The molecule has 0 aromatic heterocycles. The zero-order valence-corrected chi connectivity index (χ0v) is 13.1. The summed E-state index contributed by atoms with van der Waals surface area (Å²) >= 11 is 2.23. The topological polar surface area (TPSA) is 29.5 Å². The number of benzene rings is 1. The number of rotatable bonds is 1. The molecule has 1 fully saturated rings. The van der Waals surface area contributed by atoms with Crippen LogP contribution in [0.5, 0.6) is 0 Å². The lowest BCUT2D eigenvalue weighted by Crippen LogP contribution is -2.53. The van der Waals surface area contributed by atoms with Gasteiger partial charge in [0.2, 0.25) is 0 Å². The Bertz CT molecular complexity index is 459. The Hall–Kier alpha value is -0.620. The van der Waals surface area contributed by atoms with Gasteiger partial charge in [-0.05, 0) is 61.6 Å². The first-order valence-corrected chi connectivity index (χ1v) is 7.18. The molecule has 4 heteroatoms. The van der Waals surface area contributed by atoms with Gasteiger partial charge in [0.15, 0.2) is 0 Å². The summed E-state index contributed by atoms with van der Waals surface area (Å²) in [6.45, 7) is 7.36. The Labute approximate surface area is 122 Å². The van der Waals surface area contributed by atoms with E-state index in [1.165, 1.54) is 0 Å². The average Bonchev–Trinajstić information content (AvgIpc) is 2.25. The van der Waals surface area contributed by atoms with Gasteiger partial charge in [-0.15, -0.1) is 0 Å². The number of carbonyl (C=O) groups is 1. The molecule has 1 aliphatic rings. The maximum atomic E-state index is 12.5. The number of hydrogen-bond acceptors (Lipinski definition) is 2. The molecule has 3 nitrogen and oxygen atoms in total. The molecule has 1 unspecified atom stereocenters. The fraction of sp³-hybridized carbons (Fsp3) is 0.500. The van der Waals surface area contributed by atoms with Crippen molar-refractivity contribution >= 4 is 28.5 Å². The average molecular weight is 359 g/mol. The fourth-order valence-corrected chi connectivity index (χ4v) is 2.96. The van der Waals surface area contributed by atoms with Crippen LogP contribution in [0.4, 0.5) is 0 Å². The largest absolute Gasteiger partial charge is 0.369 e. The van der Waals surface area contributed by atoms with Crippen molar-refractivity contribution in [2.45, 2.75) is 32.5 Å². The second-order valence-corrected chi connectivity index (χ2v) is 6.63. The molecule has 0 spiro atoms. The first kappa shape index (κ1) is 13.8. The summed E-state index contributed by atoms with van der Waals surface area (Å²) in [5.41, 5.74) is 0.488. The predicted octanol–water partition coefficient (Wildman–Crippen LogP) is 2.93. The van der Waals surface area contributed by atoms with Crippen LogP contribution in [0.25, 0.3) is 0 Å². The summed E-state index contributed by atoms with van der Waals surface area (Å²) in [4.78, 5) is 14.3. The van der Waals surface area contributed by atoms with E-state index in [9.17, 15) is 4.79 Å². The van der Waals surface area contributed by atoms with Crippen LogP contribution in [0.15, 0.2) is 24.3 Å². The Morgan fingerprint density at radius 3 is 2.83 bits per heavy atom. The summed E-state index contributed by atoms with van der Waals surface area (Å²) in [5, 5.41) is 0. The normalized spacial score (nSPS) is 22.9. The highest BCUT2D eigenvalue weighted by molar-refractivity contribution is 14.1. The van der Waals surface area contributed by atoms with Gasteiger partial charge in [0, 0.05) is 22.2 Å². The Balaban J connectivity index is 2.18. The fourth-order valence-electron chi connectivity index (χ4n) is 2.41. The van der Waals surface area contributed by atoms with Crippen molar-refractivity contribution in [2.75, 3.05) is 13.1 Å². The van der Waals surface area contributed by atoms with Gasteiger partial charge < -0.3 is 9.64 Å². The summed E-state index contributed by atoms with van der Waals surface area (Å²) in [7, 11) is 0. The zero-order chi connectivity index (χ0) is 13.3. The van der Waals surface area contributed by atoms with Crippen LogP contribution in [0.2, 0.25) is 0 Å². The first-order valence-electron chi connectivity index (χ1n) is 6.10. The third kappa shape index (κ3) is 3.23. The Morgan fingerprint density at radius 1 is 1.50 bits per heavy atom. The summed E-state index contributed by atoms with van der Waals surface area (Å²) in [6, 6.07) is 7.71. The number of nitrogens with zero attached hydrogens (tertiary/aromatic N) is 1. The standard InChI is InChI=1S/C14H18INO2/c1-10-8-16(9-14(2,3)18-10)13(17)11-5-4-6-12(15)7-11/h4-7,10H,8-9H2,1-3H3. The second kappa shape index (κ2) is 5.17. The molecule has 1 atom stereocenters. The van der Waals surface area contributed by atoms with Gasteiger partial charge in [-0.25, -0.2) is 0 Å². The molecule has 0 bridgehead atoms. The molecule has 1 amide bonds. The predicted molar refractivity (Wildman–Crippen MR) is 79.7 cm³/mol. The molecular formula is C14H18INO2. The van der Waals surface area contributed by atoms with Crippen LogP contribution in [-0.2, 0) is 4.74 Å². The molecule has 1 aromatic rings. The third-order valence-electron chi connectivity index (χ3n) is 2.93. The minimum atomic E-state index is -0.269. The van der Waals surface area contributed by atoms with Crippen LogP contribution in [0.1, 0.15) is 31.1 Å². The molecule has 0 radical (unpaired) electrons. The van der Waals surface area contributed by atoms with Crippen LogP contribution >= 0.6 is 22.6 Å². The van der Waals surface area contributed by atoms with E-state index in [2.05, 4.69) is 22.6 Å². The highest BCUT2D eigenvalue weighted by Crippen LogP contribution is 2.22. The highest BCUT2D eigenvalue weighted by atomic mass is 127. The second-order valence-electron chi connectivity index (χ2n) is 5.38. The lowest BCUT2D eigenvalue weighted by molar-refractivity contribution is -0.118.